The summed E-state index contributed by atoms with van der Waals surface area (Å²) in [4.78, 5) is 7.46. The van der Waals surface area contributed by atoms with Gasteiger partial charge in [-0.1, -0.05) is 0 Å². The van der Waals surface area contributed by atoms with Gasteiger partial charge in [-0.3, -0.25) is 4.40 Å². The van der Waals surface area contributed by atoms with Crippen molar-refractivity contribution in [1.82, 2.24) is 28.9 Å². The summed E-state index contributed by atoms with van der Waals surface area (Å²) in [6, 6.07) is 1.98. The third-order valence-corrected chi connectivity index (χ3v) is 7.57. The van der Waals surface area contributed by atoms with Crippen molar-refractivity contribution in [2.24, 2.45) is 5.92 Å². The molecule has 3 aromatic heterocycles. The van der Waals surface area contributed by atoms with Gasteiger partial charge in [0.2, 0.25) is 10.0 Å². The van der Waals surface area contributed by atoms with Gasteiger partial charge in [-0.2, -0.15) is 0 Å². The van der Waals surface area contributed by atoms with E-state index in [4.69, 9.17) is 0 Å². The molecule has 0 spiro atoms. The van der Waals surface area contributed by atoms with E-state index in [9.17, 15) is 8.42 Å². The molecule has 1 N–H and O–H groups in total. The summed E-state index contributed by atoms with van der Waals surface area (Å²) in [6.45, 7) is 1.37. The minimum Gasteiger partial charge on any atom is -0.345 e. The van der Waals surface area contributed by atoms with E-state index >= 15 is 0 Å². The first-order chi connectivity index (χ1) is 12.1. The van der Waals surface area contributed by atoms with Crippen LogP contribution in [0.2, 0.25) is 0 Å². The van der Waals surface area contributed by atoms with Gasteiger partial charge in [0.1, 0.15) is 5.82 Å². The van der Waals surface area contributed by atoms with Gasteiger partial charge in [0, 0.05) is 25.2 Å². The largest absolute Gasteiger partial charge is 0.345 e. The molecule has 132 valence electrons. The van der Waals surface area contributed by atoms with Crippen LogP contribution in [0.5, 0.6) is 0 Å². The van der Waals surface area contributed by atoms with Crippen LogP contribution in [0, 0.1) is 5.92 Å². The quantitative estimate of drug-likeness (QED) is 0.761. The molecule has 0 radical (unpaired) electrons. The topological polar surface area (TPSA) is 96.2 Å². The molecule has 25 heavy (non-hydrogen) atoms. The highest BCUT2D eigenvalue weighted by molar-refractivity contribution is 7.89. The van der Waals surface area contributed by atoms with Crippen molar-refractivity contribution < 1.29 is 8.42 Å². The summed E-state index contributed by atoms with van der Waals surface area (Å²) in [6.07, 6.45) is 7.29. The summed E-state index contributed by atoms with van der Waals surface area (Å²) in [5, 5.41) is 8.65. The second-order valence-corrected chi connectivity index (χ2v) is 9.14. The van der Waals surface area contributed by atoms with Crippen LogP contribution >= 0.6 is 0 Å². The number of sulfonamides is 1. The smallest absolute Gasteiger partial charge is 0.214 e. The molecular weight excluding hydrogens is 340 g/mol. The summed E-state index contributed by atoms with van der Waals surface area (Å²) < 4.78 is 28.5. The first kappa shape index (κ1) is 15.3. The maximum absolute atomic E-state index is 12.4. The van der Waals surface area contributed by atoms with E-state index in [1.54, 1.807) is 10.5 Å². The SMILES string of the molecule is O=S(=O)(CC1CCC(c2nnc3cnc4[nH]ccc4n23)C1)N1CCC1. The lowest BCUT2D eigenvalue weighted by molar-refractivity contribution is 0.306. The van der Waals surface area contributed by atoms with Gasteiger partial charge in [-0.25, -0.2) is 17.7 Å². The Morgan fingerprint density at radius 3 is 2.92 bits per heavy atom. The van der Waals surface area contributed by atoms with Crippen molar-refractivity contribution in [3.05, 3.63) is 24.3 Å². The number of nitrogens with zero attached hydrogens (tertiary/aromatic N) is 5. The molecule has 4 heterocycles. The molecule has 9 heteroatoms. The second-order valence-electron chi connectivity index (χ2n) is 7.13. The lowest BCUT2D eigenvalue weighted by Gasteiger charge is -2.30. The molecule has 1 aliphatic carbocycles. The maximum atomic E-state index is 12.4. The number of hydrogen-bond donors (Lipinski definition) is 1. The lowest BCUT2D eigenvalue weighted by Crippen LogP contribution is -2.44. The van der Waals surface area contributed by atoms with E-state index in [1.807, 2.05) is 12.3 Å². The van der Waals surface area contributed by atoms with Gasteiger partial charge >= 0.3 is 0 Å². The summed E-state index contributed by atoms with van der Waals surface area (Å²) in [7, 11) is -3.09. The minimum absolute atomic E-state index is 0.200. The Morgan fingerprint density at radius 1 is 1.24 bits per heavy atom. The van der Waals surface area contributed by atoms with Crippen LogP contribution in [-0.2, 0) is 10.0 Å². The van der Waals surface area contributed by atoms with Gasteiger partial charge in [-0.15, -0.1) is 10.2 Å². The molecule has 1 aliphatic heterocycles. The monoisotopic (exact) mass is 360 g/mol. The lowest BCUT2D eigenvalue weighted by atomic mass is 10.1. The average Bonchev–Trinajstić information content (AvgIpc) is 3.21. The van der Waals surface area contributed by atoms with Crippen LogP contribution < -0.4 is 0 Å². The Labute approximate surface area is 145 Å². The Bertz CT molecular complexity index is 1040. The third-order valence-electron chi connectivity index (χ3n) is 5.53. The molecule has 2 unspecified atom stereocenters. The fraction of sp³-hybridized carbons (Fsp3) is 0.562. The molecule has 3 aromatic rings. The normalized spacial score (nSPS) is 25.0. The van der Waals surface area contributed by atoms with E-state index in [-0.39, 0.29) is 17.6 Å². The van der Waals surface area contributed by atoms with Crippen molar-refractivity contribution in [1.29, 1.82) is 0 Å². The number of rotatable bonds is 4. The van der Waals surface area contributed by atoms with Crippen molar-refractivity contribution in [2.45, 2.75) is 31.6 Å². The van der Waals surface area contributed by atoms with Gasteiger partial charge in [0.15, 0.2) is 11.3 Å². The van der Waals surface area contributed by atoms with Crippen LogP contribution in [-0.4, -0.2) is 56.1 Å². The molecule has 2 atom stereocenters. The number of H-pyrrole nitrogens is 1. The zero-order valence-electron chi connectivity index (χ0n) is 13.8. The van der Waals surface area contributed by atoms with E-state index < -0.39 is 10.0 Å². The zero-order valence-corrected chi connectivity index (χ0v) is 14.6. The van der Waals surface area contributed by atoms with E-state index in [0.717, 1.165) is 48.3 Å². The fourth-order valence-corrected chi connectivity index (χ4v) is 6.02. The van der Waals surface area contributed by atoms with E-state index in [0.29, 0.717) is 13.1 Å². The predicted molar refractivity (Wildman–Crippen MR) is 92.7 cm³/mol. The molecule has 1 saturated heterocycles. The number of aromatic nitrogens is 5. The maximum Gasteiger partial charge on any atom is 0.214 e. The number of aromatic amines is 1. The molecule has 2 fully saturated rings. The van der Waals surface area contributed by atoms with Crippen LogP contribution in [0.25, 0.3) is 16.8 Å². The van der Waals surface area contributed by atoms with Gasteiger partial charge in [0.25, 0.3) is 0 Å². The van der Waals surface area contributed by atoms with Crippen LogP contribution in [0.4, 0.5) is 0 Å². The van der Waals surface area contributed by atoms with Crippen molar-refractivity contribution in [2.75, 3.05) is 18.8 Å². The highest BCUT2D eigenvalue weighted by atomic mass is 32.2. The zero-order chi connectivity index (χ0) is 17.0. The second kappa shape index (κ2) is 5.50. The number of fused-ring (bicyclic) bond motifs is 3. The van der Waals surface area contributed by atoms with Crippen LogP contribution in [0.3, 0.4) is 0 Å². The highest BCUT2D eigenvalue weighted by Crippen LogP contribution is 2.39. The molecule has 0 amide bonds. The van der Waals surface area contributed by atoms with Crippen molar-refractivity contribution >= 4 is 26.8 Å². The Kier molecular flexibility index (Phi) is 3.36. The van der Waals surface area contributed by atoms with Crippen LogP contribution in [0.15, 0.2) is 18.5 Å². The summed E-state index contributed by atoms with van der Waals surface area (Å²) in [5.41, 5.74) is 2.51. The fourth-order valence-electron chi connectivity index (χ4n) is 4.09. The molecule has 0 bridgehead atoms. The third kappa shape index (κ3) is 2.44. The van der Waals surface area contributed by atoms with Gasteiger partial charge < -0.3 is 4.98 Å². The molecule has 0 aromatic carbocycles. The number of nitrogens with one attached hydrogen (secondary N) is 1. The van der Waals surface area contributed by atoms with Crippen molar-refractivity contribution in [3.8, 4) is 0 Å². The molecule has 8 nitrogen and oxygen atoms in total. The Balaban J connectivity index is 1.41. The molecule has 2 aliphatic rings. The Morgan fingerprint density at radius 2 is 2.12 bits per heavy atom. The van der Waals surface area contributed by atoms with E-state index in [1.165, 1.54) is 0 Å². The van der Waals surface area contributed by atoms with Gasteiger partial charge in [0.05, 0.1) is 17.5 Å². The van der Waals surface area contributed by atoms with Crippen molar-refractivity contribution in [3.63, 3.8) is 0 Å². The first-order valence-electron chi connectivity index (χ1n) is 8.77. The number of hydrogen-bond acceptors (Lipinski definition) is 5. The first-order valence-corrected chi connectivity index (χ1v) is 10.4. The molecule has 1 saturated carbocycles. The summed E-state index contributed by atoms with van der Waals surface area (Å²) >= 11 is 0. The minimum atomic E-state index is -3.09. The van der Waals surface area contributed by atoms with Crippen LogP contribution in [0.1, 0.15) is 37.4 Å². The predicted octanol–water partition coefficient (Wildman–Crippen LogP) is 1.52. The standard InChI is InChI=1S/C16H20N6O2S/c23-25(24,21-6-1-7-21)10-11-2-3-12(8-11)16-20-19-14-9-18-15-13(22(14)16)4-5-17-15/h4-5,9,11-12,17H,1-3,6-8,10H2. The molecule has 5 rings (SSSR count). The van der Waals surface area contributed by atoms with Gasteiger partial charge in [-0.05, 0) is 37.7 Å². The molecular formula is C16H20N6O2S. The highest BCUT2D eigenvalue weighted by Gasteiger charge is 2.35. The average molecular weight is 360 g/mol. The van der Waals surface area contributed by atoms with E-state index in [2.05, 4.69) is 24.6 Å². The summed E-state index contributed by atoms with van der Waals surface area (Å²) in [5.74, 6) is 1.63. The Hall–Kier alpha value is -2.00.